The molecule has 0 bridgehead atoms. The largest absolute Gasteiger partial charge is 0.464 e. The van der Waals surface area contributed by atoms with E-state index in [0.717, 1.165) is 0 Å². The summed E-state index contributed by atoms with van der Waals surface area (Å²) in [6.45, 7) is 4.58. The standard InChI is InChI=1S/C8H14O3/c1-3-5-6-10-7-8(9)11-4-2/h3,5H,4,6-7H2,1-2H3. The first kappa shape index (κ1) is 10.2. The van der Waals surface area contributed by atoms with Gasteiger partial charge >= 0.3 is 5.97 Å². The van der Waals surface area contributed by atoms with Crippen molar-refractivity contribution in [1.82, 2.24) is 0 Å². The van der Waals surface area contributed by atoms with E-state index in [1.165, 1.54) is 0 Å². The number of carbonyl (C=O) groups is 1. The Morgan fingerprint density at radius 1 is 1.55 bits per heavy atom. The highest BCUT2D eigenvalue weighted by molar-refractivity contribution is 5.70. The Morgan fingerprint density at radius 3 is 2.82 bits per heavy atom. The van der Waals surface area contributed by atoms with Gasteiger partial charge < -0.3 is 9.47 Å². The molecule has 0 aliphatic carbocycles. The zero-order chi connectivity index (χ0) is 8.53. The van der Waals surface area contributed by atoms with Crippen LogP contribution in [0.2, 0.25) is 0 Å². The topological polar surface area (TPSA) is 35.5 Å². The lowest BCUT2D eigenvalue weighted by Crippen LogP contribution is -2.12. The number of hydrogen-bond acceptors (Lipinski definition) is 3. The third kappa shape index (κ3) is 7.06. The van der Waals surface area contributed by atoms with Crippen molar-refractivity contribution in [3.63, 3.8) is 0 Å². The monoisotopic (exact) mass is 158 g/mol. The summed E-state index contributed by atoms with van der Waals surface area (Å²) in [5.41, 5.74) is 0. The molecule has 0 amide bonds. The first-order valence-corrected chi connectivity index (χ1v) is 3.65. The Bertz CT molecular complexity index is 129. The zero-order valence-corrected chi connectivity index (χ0v) is 7.00. The summed E-state index contributed by atoms with van der Waals surface area (Å²) in [6, 6.07) is 0. The highest BCUT2D eigenvalue weighted by Gasteiger charge is 1.98. The van der Waals surface area contributed by atoms with Crippen LogP contribution in [0.5, 0.6) is 0 Å². The van der Waals surface area contributed by atoms with Gasteiger partial charge in [0.05, 0.1) is 13.2 Å². The lowest BCUT2D eigenvalue weighted by Gasteiger charge is -2.00. The van der Waals surface area contributed by atoms with Crippen LogP contribution in [-0.4, -0.2) is 25.8 Å². The highest BCUT2D eigenvalue weighted by Crippen LogP contribution is 1.81. The number of allylic oxidation sites excluding steroid dienone is 1. The van der Waals surface area contributed by atoms with E-state index in [1.807, 2.05) is 19.1 Å². The molecule has 11 heavy (non-hydrogen) atoms. The van der Waals surface area contributed by atoms with Crippen LogP contribution in [0.4, 0.5) is 0 Å². The molecule has 0 aromatic rings. The first-order chi connectivity index (χ1) is 5.31. The molecule has 0 saturated heterocycles. The van der Waals surface area contributed by atoms with Gasteiger partial charge in [0.2, 0.25) is 0 Å². The van der Waals surface area contributed by atoms with Gasteiger partial charge in [-0.2, -0.15) is 0 Å². The molecule has 0 aliphatic rings. The molecular formula is C8H14O3. The fourth-order valence-corrected chi connectivity index (χ4v) is 0.509. The van der Waals surface area contributed by atoms with Crippen molar-refractivity contribution in [3.8, 4) is 0 Å². The summed E-state index contributed by atoms with van der Waals surface area (Å²) in [6.07, 6.45) is 3.70. The van der Waals surface area contributed by atoms with Crippen molar-refractivity contribution in [2.75, 3.05) is 19.8 Å². The van der Waals surface area contributed by atoms with Crippen LogP contribution in [0, 0.1) is 0 Å². The Balaban J connectivity index is 3.17. The van der Waals surface area contributed by atoms with Gasteiger partial charge in [0.15, 0.2) is 0 Å². The second kappa shape index (κ2) is 7.28. The average molecular weight is 158 g/mol. The van der Waals surface area contributed by atoms with Gasteiger partial charge in [-0.3, -0.25) is 0 Å². The van der Waals surface area contributed by atoms with E-state index in [4.69, 9.17) is 4.74 Å². The molecule has 0 rings (SSSR count). The van der Waals surface area contributed by atoms with Crippen LogP contribution in [0.1, 0.15) is 13.8 Å². The van der Waals surface area contributed by atoms with E-state index in [1.54, 1.807) is 6.92 Å². The molecule has 0 atom stereocenters. The molecular weight excluding hydrogens is 144 g/mol. The Labute approximate surface area is 67.0 Å². The van der Waals surface area contributed by atoms with Gasteiger partial charge in [-0.15, -0.1) is 0 Å². The fraction of sp³-hybridized carbons (Fsp3) is 0.625. The Hall–Kier alpha value is -0.830. The maximum absolute atomic E-state index is 10.6. The number of ether oxygens (including phenoxy) is 2. The van der Waals surface area contributed by atoms with Crippen LogP contribution >= 0.6 is 0 Å². The lowest BCUT2D eigenvalue weighted by atomic mass is 10.5. The molecule has 0 N–H and O–H groups in total. The molecule has 0 saturated carbocycles. The van der Waals surface area contributed by atoms with E-state index in [-0.39, 0.29) is 12.6 Å². The molecule has 64 valence electrons. The molecule has 0 aromatic heterocycles. The average Bonchev–Trinajstić information content (AvgIpc) is 1.99. The van der Waals surface area contributed by atoms with Crippen molar-refractivity contribution in [1.29, 1.82) is 0 Å². The summed E-state index contributed by atoms with van der Waals surface area (Å²) in [7, 11) is 0. The van der Waals surface area contributed by atoms with Gasteiger partial charge in [-0.05, 0) is 13.8 Å². The summed E-state index contributed by atoms with van der Waals surface area (Å²) in [5.74, 6) is -0.308. The smallest absolute Gasteiger partial charge is 0.332 e. The van der Waals surface area contributed by atoms with Crippen molar-refractivity contribution in [2.24, 2.45) is 0 Å². The van der Waals surface area contributed by atoms with Crippen molar-refractivity contribution in [2.45, 2.75) is 13.8 Å². The first-order valence-electron chi connectivity index (χ1n) is 3.65. The van der Waals surface area contributed by atoms with Crippen molar-refractivity contribution < 1.29 is 14.3 Å². The second-order valence-electron chi connectivity index (χ2n) is 1.89. The molecule has 0 fully saturated rings. The third-order valence-electron chi connectivity index (χ3n) is 0.975. The zero-order valence-electron chi connectivity index (χ0n) is 7.00. The maximum atomic E-state index is 10.6. The molecule has 0 radical (unpaired) electrons. The minimum Gasteiger partial charge on any atom is -0.464 e. The Kier molecular flexibility index (Phi) is 6.73. The lowest BCUT2D eigenvalue weighted by molar-refractivity contribution is -0.147. The second-order valence-corrected chi connectivity index (χ2v) is 1.89. The summed E-state index contributed by atoms with van der Waals surface area (Å²) >= 11 is 0. The van der Waals surface area contributed by atoms with E-state index >= 15 is 0 Å². The molecule has 3 nitrogen and oxygen atoms in total. The van der Waals surface area contributed by atoms with Gasteiger partial charge in [-0.1, -0.05) is 12.2 Å². The van der Waals surface area contributed by atoms with Crippen molar-refractivity contribution in [3.05, 3.63) is 12.2 Å². The van der Waals surface area contributed by atoms with Crippen molar-refractivity contribution >= 4 is 5.97 Å². The van der Waals surface area contributed by atoms with Crippen LogP contribution < -0.4 is 0 Å². The van der Waals surface area contributed by atoms with Gasteiger partial charge in [-0.25, -0.2) is 4.79 Å². The van der Waals surface area contributed by atoms with Gasteiger partial charge in [0.1, 0.15) is 6.61 Å². The Morgan fingerprint density at radius 2 is 2.27 bits per heavy atom. The quantitative estimate of drug-likeness (QED) is 0.342. The number of carbonyl (C=O) groups excluding carboxylic acids is 1. The maximum Gasteiger partial charge on any atom is 0.332 e. The van der Waals surface area contributed by atoms with E-state index in [9.17, 15) is 4.79 Å². The normalized spacial score (nSPS) is 10.4. The van der Waals surface area contributed by atoms with Crippen LogP contribution in [0.15, 0.2) is 12.2 Å². The van der Waals surface area contributed by atoms with Crippen LogP contribution in [0.25, 0.3) is 0 Å². The third-order valence-corrected chi connectivity index (χ3v) is 0.975. The number of rotatable bonds is 5. The van der Waals surface area contributed by atoms with Gasteiger partial charge in [0, 0.05) is 0 Å². The van der Waals surface area contributed by atoms with E-state index in [2.05, 4.69) is 4.74 Å². The van der Waals surface area contributed by atoms with Crippen LogP contribution in [-0.2, 0) is 14.3 Å². The van der Waals surface area contributed by atoms with Crippen LogP contribution in [0.3, 0.4) is 0 Å². The predicted molar refractivity (Wildman–Crippen MR) is 42.3 cm³/mol. The van der Waals surface area contributed by atoms with E-state index in [0.29, 0.717) is 13.2 Å². The molecule has 0 aromatic carbocycles. The number of esters is 1. The van der Waals surface area contributed by atoms with E-state index < -0.39 is 0 Å². The predicted octanol–water partition coefficient (Wildman–Crippen LogP) is 1.14. The van der Waals surface area contributed by atoms with Gasteiger partial charge in [0.25, 0.3) is 0 Å². The highest BCUT2D eigenvalue weighted by atomic mass is 16.6. The molecule has 0 spiro atoms. The summed E-state index contributed by atoms with van der Waals surface area (Å²) in [5, 5.41) is 0. The number of hydrogen-bond donors (Lipinski definition) is 0. The minimum absolute atomic E-state index is 0.0399. The fourth-order valence-electron chi connectivity index (χ4n) is 0.509. The molecule has 0 unspecified atom stereocenters. The molecule has 0 aliphatic heterocycles. The summed E-state index contributed by atoms with van der Waals surface area (Å²) in [4.78, 5) is 10.6. The summed E-state index contributed by atoms with van der Waals surface area (Å²) < 4.78 is 9.56. The SMILES string of the molecule is CC=CCOCC(=O)OCC. The minimum atomic E-state index is -0.308. The molecule has 3 heteroatoms. The molecule has 0 heterocycles.